The topological polar surface area (TPSA) is 33.2 Å². The monoisotopic (exact) mass is 328 g/mol. The SMILES string of the molecule is CC(C)C1CC1.CC1(C)C(=O)N(CC(F)(F)F)c2cccnc21. The Morgan fingerprint density at radius 3 is 2.39 bits per heavy atom. The van der Waals surface area contributed by atoms with E-state index in [0.29, 0.717) is 5.69 Å². The zero-order chi connectivity index (χ0) is 17.4. The number of amides is 1. The Hall–Kier alpha value is -1.59. The van der Waals surface area contributed by atoms with Crippen LogP contribution < -0.4 is 4.90 Å². The average molecular weight is 328 g/mol. The van der Waals surface area contributed by atoms with E-state index >= 15 is 0 Å². The third-order valence-corrected chi connectivity index (χ3v) is 4.35. The number of fused-ring (bicyclic) bond motifs is 1. The predicted molar refractivity (Wildman–Crippen MR) is 83.2 cm³/mol. The lowest BCUT2D eigenvalue weighted by Crippen LogP contribution is -2.41. The van der Waals surface area contributed by atoms with Crippen molar-refractivity contribution in [3.63, 3.8) is 0 Å². The van der Waals surface area contributed by atoms with Crippen LogP contribution in [0.5, 0.6) is 0 Å². The summed E-state index contributed by atoms with van der Waals surface area (Å²) in [5.41, 5.74) is -0.351. The standard InChI is InChI=1S/C11H11F3N2O.C6H12/c1-10(2)8-7(4-3-5-15-8)16(9(10)17)6-11(12,13)14;1-5(2)6-3-4-6/h3-5H,6H2,1-2H3;5-6H,3-4H2,1-2H3. The summed E-state index contributed by atoms with van der Waals surface area (Å²) >= 11 is 0. The number of hydrogen-bond donors (Lipinski definition) is 0. The van der Waals surface area contributed by atoms with Crippen molar-refractivity contribution in [3.8, 4) is 0 Å². The van der Waals surface area contributed by atoms with E-state index in [2.05, 4.69) is 18.8 Å². The summed E-state index contributed by atoms with van der Waals surface area (Å²) in [6.45, 7) is 6.50. The molecule has 0 N–H and O–H groups in total. The fourth-order valence-corrected chi connectivity index (χ4v) is 2.74. The molecule has 2 aliphatic rings. The molecule has 1 saturated carbocycles. The molecule has 1 aliphatic heterocycles. The van der Waals surface area contributed by atoms with Crippen LogP contribution in [0.3, 0.4) is 0 Å². The minimum absolute atomic E-state index is 0.250. The quantitative estimate of drug-likeness (QED) is 0.810. The Kier molecular flexibility index (Phi) is 4.74. The molecule has 128 valence electrons. The summed E-state index contributed by atoms with van der Waals surface area (Å²) in [6.07, 6.45) is 0.0590. The number of alkyl halides is 3. The Labute approximate surface area is 134 Å². The molecule has 1 amide bonds. The first-order valence-corrected chi connectivity index (χ1v) is 7.88. The Morgan fingerprint density at radius 2 is 1.96 bits per heavy atom. The molecule has 0 spiro atoms. The van der Waals surface area contributed by atoms with Crippen LogP contribution in [0, 0.1) is 11.8 Å². The number of aromatic nitrogens is 1. The molecule has 3 rings (SSSR count). The molecule has 23 heavy (non-hydrogen) atoms. The highest BCUT2D eigenvalue weighted by Crippen LogP contribution is 2.41. The minimum atomic E-state index is -4.41. The van der Waals surface area contributed by atoms with E-state index in [-0.39, 0.29) is 5.69 Å². The van der Waals surface area contributed by atoms with E-state index in [9.17, 15) is 18.0 Å². The molecule has 1 fully saturated rings. The molecule has 3 nitrogen and oxygen atoms in total. The van der Waals surface area contributed by atoms with Gasteiger partial charge < -0.3 is 4.90 Å². The van der Waals surface area contributed by atoms with Gasteiger partial charge in [-0.05, 0) is 50.7 Å². The second-order valence-corrected chi connectivity index (χ2v) is 7.08. The molecule has 1 aromatic heterocycles. The third-order valence-electron chi connectivity index (χ3n) is 4.35. The molecule has 6 heteroatoms. The van der Waals surface area contributed by atoms with Gasteiger partial charge >= 0.3 is 6.18 Å². The second-order valence-electron chi connectivity index (χ2n) is 7.08. The first-order valence-electron chi connectivity index (χ1n) is 7.88. The van der Waals surface area contributed by atoms with Crippen molar-refractivity contribution in [1.82, 2.24) is 4.98 Å². The van der Waals surface area contributed by atoms with Gasteiger partial charge in [-0.3, -0.25) is 9.78 Å². The number of anilines is 1. The van der Waals surface area contributed by atoms with Crippen LogP contribution in [0.15, 0.2) is 18.3 Å². The number of pyridine rings is 1. The van der Waals surface area contributed by atoms with E-state index in [1.807, 2.05) is 0 Å². The van der Waals surface area contributed by atoms with Crippen LogP contribution in [0.25, 0.3) is 0 Å². The van der Waals surface area contributed by atoms with Crippen LogP contribution in [-0.4, -0.2) is 23.6 Å². The van der Waals surface area contributed by atoms with E-state index in [4.69, 9.17) is 0 Å². The van der Waals surface area contributed by atoms with Gasteiger partial charge in [0.05, 0.1) is 16.8 Å². The van der Waals surface area contributed by atoms with Gasteiger partial charge in [0, 0.05) is 6.20 Å². The first-order chi connectivity index (χ1) is 10.5. The average Bonchev–Trinajstić information content (AvgIpc) is 3.26. The smallest absolute Gasteiger partial charge is 0.301 e. The lowest BCUT2D eigenvalue weighted by atomic mass is 9.90. The van der Waals surface area contributed by atoms with Crippen LogP contribution in [0.4, 0.5) is 18.9 Å². The highest BCUT2D eigenvalue weighted by atomic mass is 19.4. The molecule has 0 bridgehead atoms. The molecule has 0 aromatic carbocycles. The molecular formula is C17H23F3N2O. The lowest BCUT2D eigenvalue weighted by Gasteiger charge is -2.21. The zero-order valence-electron chi connectivity index (χ0n) is 13.9. The number of carbonyl (C=O) groups is 1. The first kappa shape index (κ1) is 17.8. The van der Waals surface area contributed by atoms with Crippen LogP contribution in [0.1, 0.15) is 46.2 Å². The summed E-state index contributed by atoms with van der Waals surface area (Å²) in [5, 5.41) is 0. The largest absolute Gasteiger partial charge is 0.406 e. The van der Waals surface area contributed by atoms with Crippen LogP contribution in [-0.2, 0) is 10.2 Å². The fourth-order valence-electron chi connectivity index (χ4n) is 2.74. The van der Waals surface area contributed by atoms with Gasteiger partial charge in [0.15, 0.2) is 0 Å². The van der Waals surface area contributed by atoms with E-state index < -0.39 is 24.0 Å². The summed E-state index contributed by atoms with van der Waals surface area (Å²) in [7, 11) is 0. The van der Waals surface area contributed by atoms with Gasteiger partial charge in [0.25, 0.3) is 0 Å². The highest BCUT2D eigenvalue weighted by molar-refractivity contribution is 6.06. The van der Waals surface area contributed by atoms with Gasteiger partial charge in [-0.2, -0.15) is 13.2 Å². The maximum absolute atomic E-state index is 12.4. The number of hydrogen-bond acceptors (Lipinski definition) is 2. The number of carbonyl (C=O) groups excluding carboxylic acids is 1. The number of halogens is 3. The van der Waals surface area contributed by atoms with Crippen LogP contribution >= 0.6 is 0 Å². The van der Waals surface area contributed by atoms with E-state index in [0.717, 1.165) is 16.7 Å². The Morgan fingerprint density at radius 1 is 1.35 bits per heavy atom. The maximum Gasteiger partial charge on any atom is 0.406 e. The van der Waals surface area contributed by atoms with Crippen molar-refractivity contribution in [2.45, 2.75) is 52.1 Å². The van der Waals surface area contributed by atoms with Crippen molar-refractivity contribution in [1.29, 1.82) is 0 Å². The third kappa shape index (κ3) is 4.03. The summed E-state index contributed by atoms with van der Waals surface area (Å²) < 4.78 is 37.2. The summed E-state index contributed by atoms with van der Waals surface area (Å²) in [5.74, 6) is 1.50. The van der Waals surface area contributed by atoms with Crippen molar-refractivity contribution < 1.29 is 18.0 Å². The van der Waals surface area contributed by atoms with Gasteiger partial charge in [-0.15, -0.1) is 0 Å². The normalized spacial score (nSPS) is 19.5. The molecule has 0 saturated heterocycles. The fraction of sp³-hybridized carbons (Fsp3) is 0.647. The molecule has 1 aromatic rings. The minimum Gasteiger partial charge on any atom is -0.301 e. The predicted octanol–water partition coefficient (Wildman–Crippen LogP) is 4.32. The Bertz CT molecular complexity index is 577. The number of nitrogens with zero attached hydrogens (tertiary/aromatic N) is 2. The lowest BCUT2D eigenvalue weighted by molar-refractivity contribution is -0.134. The van der Waals surface area contributed by atoms with Gasteiger partial charge in [-0.1, -0.05) is 13.8 Å². The molecule has 1 aliphatic carbocycles. The maximum atomic E-state index is 12.4. The van der Waals surface area contributed by atoms with Gasteiger partial charge in [0.1, 0.15) is 6.54 Å². The van der Waals surface area contributed by atoms with E-state index in [1.54, 1.807) is 13.8 Å². The molecule has 0 atom stereocenters. The molecular weight excluding hydrogens is 305 g/mol. The van der Waals surface area contributed by atoms with Crippen molar-refractivity contribution in [2.75, 3.05) is 11.4 Å². The Balaban J connectivity index is 0.000000268. The van der Waals surface area contributed by atoms with Crippen molar-refractivity contribution >= 4 is 11.6 Å². The van der Waals surface area contributed by atoms with Crippen molar-refractivity contribution in [3.05, 3.63) is 24.0 Å². The van der Waals surface area contributed by atoms with E-state index in [1.165, 1.54) is 31.2 Å². The zero-order valence-corrected chi connectivity index (χ0v) is 13.9. The molecule has 0 unspecified atom stereocenters. The molecule has 0 radical (unpaired) electrons. The van der Waals surface area contributed by atoms with Gasteiger partial charge in [0.2, 0.25) is 5.91 Å². The summed E-state index contributed by atoms with van der Waals surface area (Å²) in [4.78, 5) is 16.7. The van der Waals surface area contributed by atoms with Crippen LogP contribution in [0.2, 0.25) is 0 Å². The highest BCUT2D eigenvalue weighted by Gasteiger charge is 2.48. The summed E-state index contributed by atoms with van der Waals surface area (Å²) in [6, 6.07) is 3.01. The van der Waals surface area contributed by atoms with Crippen molar-refractivity contribution in [2.24, 2.45) is 11.8 Å². The number of rotatable bonds is 2. The van der Waals surface area contributed by atoms with Gasteiger partial charge in [-0.25, -0.2) is 0 Å². The molecule has 2 heterocycles. The second kappa shape index (κ2) is 6.13.